The lowest BCUT2D eigenvalue weighted by Gasteiger charge is -2.27. The van der Waals surface area contributed by atoms with Crippen molar-refractivity contribution in [2.75, 3.05) is 13.7 Å². The number of hydrogen-bond acceptors (Lipinski definition) is 6. The molecule has 1 N–H and O–H groups in total. The Morgan fingerprint density at radius 3 is 2.51 bits per heavy atom. The van der Waals surface area contributed by atoms with E-state index in [1.54, 1.807) is 25.5 Å². The van der Waals surface area contributed by atoms with Crippen molar-refractivity contribution in [3.63, 3.8) is 0 Å². The van der Waals surface area contributed by atoms with E-state index >= 15 is 0 Å². The number of benzene rings is 4. The second kappa shape index (κ2) is 11.4. The van der Waals surface area contributed by atoms with Gasteiger partial charge in [0.2, 0.25) is 0 Å². The number of thiazole rings is 1. The lowest BCUT2D eigenvalue weighted by Crippen LogP contribution is -2.40. The van der Waals surface area contributed by atoms with Gasteiger partial charge in [-0.25, -0.2) is 9.79 Å². The molecule has 4 aromatic carbocycles. The molecule has 0 amide bonds. The molecule has 8 heteroatoms. The summed E-state index contributed by atoms with van der Waals surface area (Å²) >= 11 is 1.31. The van der Waals surface area contributed by atoms with Crippen LogP contribution in [-0.4, -0.2) is 29.2 Å². The standard InChI is InChI=1S/C37H31N3O4S/c1-5-44-36(42)30-22(3)38-37-40(34(30)31-25-16-10-9-13-23(25)18-19-28(31)43-4)35(41)29(45-37)20-27-26-17-11-12-21(2)32(26)39-33(27)24-14-7-6-8-15-24/h6-20,34,39H,5H2,1-4H3/b29-20+/t34-/m0/s1. The van der Waals surface area contributed by atoms with E-state index < -0.39 is 12.0 Å². The number of hydrogen-bond donors (Lipinski definition) is 1. The first-order valence-electron chi connectivity index (χ1n) is 14.8. The minimum atomic E-state index is -0.803. The topological polar surface area (TPSA) is 85.7 Å². The van der Waals surface area contributed by atoms with Gasteiger partial charge in [-0.15, -0.1) is 0 Å². The molecule has 1 aliphatic rings. The Morgan fingerprint density at radius 1 is 0.978 bits per heavy atom. The summed E-state index contributed by atoms with van der Waals surface area (Å²) in [6.45, 7) is 5.83. The Hall–Kier alpha value is -5.21. The Labute approximate surface area is 263 Å². The maximum atomic E-state index is 14.6. The van der Waals surface area contributed by atoms with Gasteiger partial charge in [0.1, 0.15) is 11.8 Å². The average Bonchev–Trinajstić information content (AvgIpc) is 3.58. The third-order valence-electron chi connectivity index (χ3n) is 8.36. The van der Waals surface area contributed by atoms with E-state index in [2.05, 4.69) is 36.2 Å². The summed E-state index contributed by atoms with van der Waals surface area (Å²) in [6, 6.07) is 27.2. The molecule has 7 rings (SSSR count). The van der Waals surface area contributed by atoms with Gasteiger partial charge >= 0.3 is 5.97 Å². The molecular formula is C37H31N3O4S. The molecule has 3 heterocycles. The van der Waals surface area contributed by atoms with Crippen LogP contribution >= 0.6 is 11.3 Å². The number of aromatic nitrogens is 2. The highest BCUT2D eigenvalue weighted by Crippen LogP contribution is 2.40. The van der Waals surface area contributed by atoms with Gasteiger partial charge in [0, 0.05) is 22.0 Å². The number of nitrogens with one attached hydrogen (secondary N) is 1. The third-order valence-corrected chi connectivity index (χ3v) is 9.34. The number of carbonyl (C=O) groups is 1. The fourth-order valence-electron chi connectivity index (χ4n) is 6.30. The van der Waals surface area contributed by atoms with Crippen LogP contribution in [0.4, 0.5) is 0 Å². The normalized spacial score (nSPS) is 14.9. The summed E-state index contributed by atoms with van der Waals surface area (Å²) in [7, 11) is 1.60. The number of ether oxygens (including phenoxy) is 2. The Balaban J connectivity index is 1.54. The van der Waals surface area contributed by atoms with E-state index in [1.807, 2.05) is 66.7 Å². The summed E-state index contributed by atoms with van der Waals surface area (Å²) in [4.78, 5) is 37.1. The number of aromatic amines is 1. The van der Waals surface area contributed by atoms with E-state index in [4.69, 9.17) is 14.5 Å². The van der Waals surface area contributed by atoms with Crippen LogP contribution in [0.3, 0.4) is 0 Å². The SMILES string of the molecule is CCOC(=O)C1=C(C)N=c2s/c(=C/c3c(-c4ccccc4)[nH]c4c(C)cccc34)c(=O)n2[C@@H]1c1c(OC)ccc2ccccc12. The second-order valence-corrected chi connectivity index (χ2v) is 12.0. The maximum Gasteiger partial charge on any atom is 0.338 e. The van der Waals surface area contributed by atoms with Gasteiger partial charge < -0.3 is 14.5 Å². The first-order chi connectivity index (χ1) is 21.9. The van der Waals surface area contributed by atoms with Gasteiger partial charge in [-0.2, -0.15) is 0 Å². The summed E-state index contributed by atoms with van der Waals surface area (Å²) in [5, 5.41) is 2.87. The molecule has 1 aliphatic heterocycles. The Morgan fingerprint density at radius 2 is 1.73 bits per heavy atom. The van der Waals surface area contributed by atoms with Gasteiger partial charge in [0.25, 0.3) is 5.56 Å². The number of nitrogens with zero attached hydrogens (tertiary/aromatic N) is 2. The van der Waals surface area contributed by atoms with Crippen LogP contribution in [0.2, 0.25) is 0 Å². The zero-order valence-electron chi connectivity index (χ0n) is 25.4. The largest absolute Gasteiger partial charge is 0.496 e. The number of methoxy groups -OCH3 is 1. The van der Waals surface area contributed by atoms with Gasteiger partial charge in [-0.05, 0) is 54.8 Å². The van der Waals surface area contributed by atoms with Crippen LogP contribution in [0.5, 0.6) is 5.75 Å². The molecule has 0 unspecified atom stereocenters. The number of fused-ring (bicyclic) bond motifs is 3. The van der Waals surface area contributed by atoms with E-state index in [0.717, 1.165) is 44.1 Å². The van der Waals surface area contributed by atoms with Crippen molar-refractivity contribution in [2.24, 2.45) is 4.99 Å². The number of rotatable bonds is 6. The number of para-hydroxylation sites is 1. The average molecular weight is 614 g/mol. The van der Waals surface area contributed by atoms with Gasteiger partial charge in [-0.3, -0.25) is 9.36 Å². The fraction of sp³-hybridized carbons (Fsp3) is 0.162. The molecule has 0 fully saturated rings. The van der Waals surface area contributed by atoms with Crippen LogP contribution in [0, 0.1) is 6.92 Å². The first-order valence-corrected chi connectivity index (χ1v) is 15.6. The van der Waals surface area contributed by atoms with Crippen molar-refractivity contribution >= 4 is 45.1 Å². The molecular weight excluding hydrogens is 582 g/mol. The van der Waals surface area contributed by atoms with Crippen LogP contribution in [0.1, 0.15) is 36.6 Å². The predicted octanol–water partition coefficient (Wildman–Crippen LogP) is 6.42. The van der Waals surface area contributed by atoms with E-state index in [0.29, 0.717) is 31.9 Å². The molecule has 6 aromatic rings. The minimum absolute atomic E-state index is 0.196. The Kier molecular flexibility index (Phi) is 7.22. The smallest absolute Gasteiger partial charge is 0.338 e. The number of esters is 1. The molecule has 224 valence electrons. The Bertz CT molecular complexity index is 2340. The third kappa shape index (κ3) is 4.69. The monoisotopic (exact) mass is 613 g/mol. The van der Waals surface area contributed by atoms with Gasteiger partial charge in [-0.1, -0.05) is 90.2 Å². The number of H-pyrrole nitrogens is 1. The predicted molar refractivity (Wildman–Crippen MR) is 179 cm³/mol. The zero-order chi connectivity index (χ0) is 31.2. The second-order valence-electron chi connectivity index (χ2n) is 11.0. The molecule has 0 saturated carbocycles. The van der Waals surface area contributed by atoms with Crippen molar-refractivity contribution in [3.05, 3.63) is 133 Å². The molecule has 0 aliphatic carbocycles. The molecule has 1 atom stereocenters. The van der Waals surface area contributed by atoms with Gasteiger partial charge in [0.15, 0.2) is 4.80 Å². The highest BCUT2D eigenvalue weighted by Gasteiger charge is 2.36. The summed E-state index contributed by atoms with van der Waals surface area (Å²) < 4.78 is 13.5. The summed E-state index contributed by atoms with van der Waals surface area (Å²) in [5.74, 6) is 0.0646. The van der Waals surface area contributed by atoms with Crippen LogP contribution in [0.25, 0.3) is 39.0 Å². The van der Waals surface area contributed by atoms with Crippen molar-refractivity contribution < 1.29 is 14.3 Å². The van der Waals surface area contributed by atoms with Crippen LogP contribution in [0.15, 0.2) is 106 Å². The molecule has 0 spiro atoms. The molecule has 0 bridgehead atoms. The van der Waals surface area contributed by atoms with Gasteiger partial charge in [0.05, 0.1) is 35.2 Å². The van der Waals surface area contributed by atoms with Crippen LogP contribution in [-0.2, 0) is 9.53 Å². The quantitative estimate of drug-likeness (QED) is 0.220. The van der Waals surface area contributed by atoms with Crippen molar-refractivity contribution in [2.45, 2.75) is 26.8 Å². The van der Waals surface area contributed by atoms with E-state index in [1.165, 1.54) is 11.3 Å². The van der Waals surface area contributed by atoms with E-state index in [9.17, 15) is 9.59 Å². The highest BCUT2D eigenvalue weighted by molar-refractivity contribution is 7.07. The molecule has 7 nitrogen and oxygen atoms in total. The maximum absolute atomic E-state index is 14.6. The lowest BCUT2D eigenvalue weighted by atomic mass is 9.90. The summed E-state index contributed by atoms with van der Waals surface area (Å²) in [5.41, 5.74) is 6.31. The molecule has 2 aromatic heterocycles. The number of carbonyl (C=O) groups excluding carboxylic acids is 1. The van der Waals surface area contributed by atoms with Crippen LogP contribution < -0.4 is 19.6 Å². The molecule has 0 saturated heterocycles. The first kappa shape index (κ1) is 28.6. The summed E-state index contributed by atoms with van der Waals surface area (Å²) in [6.07, 6.45) is 1.95. The minimum Gasteiger partial charge on any atom is -0.496 e. The zero-order valence-corrected chi connectivity index (χ0v) is 26.2. The number of aryl methyl sites for hydroxylation is 1. The van der Waals surface area contributed by atoms with E-state index in [-0.39, 0.29) is 12.2 Å². The molecule has 45 heavy (non-hydrogen) atoms. The van der Waals surface area contributed by atoms with Crippen molar-refractivity contribution in [3.8, 4) is 17.0 Å². The van der Waals surface area contributed by atoms with Crippen molar-refractivity contribution in [1.82, 2.24) is 9.55 Å². The fourth-order valence-corrected chi connectivity index (χ4v) is 7.33. The molecule has 0 radical (unpaired) electrons. The van der Waals surface area contributed by atoms with Crippen molar-refractivity contribution in [1.29, 1.82) is 0 Å². The lowest BCUT2D eigenvalue weighted by molar-refractivity contribution is -0.139. The number of allylic oxidation sites excluding steroid dienone is 1. The highest BCUT2D eigenvalue weighted by atomic mass is 32.1.